The van der Waals surface area contributed by atoms with E-state index in [0.29, 0.717) is 0 Å². The number of para-hydroxylation sites is 2. The molecule has 0 spiro atoms. The Hall–Kier alpha value is -4.20. The van der Waals surface area contributed by atoms with Crippen LogP contribution in [0.5, 0.6) is 0 Å². The van der Waals surface area contributed by atoms with Crippen molar-refractivity contribution in [2.24, 2.45) is 0 Å². The zero-order valence-electron chi connectivity index (χ0n) is 15.4. The number of imide groups is 2. The fourth-order valence-electron chi connectivity index (χ4n) is 2.07. The van der Waals surface area contributed by atoms with Crippen molar-refractivity contribution >= 4 is 35.0 Å². The van der Waals surface area contributed by atoms with Crippen LogP contribution in [0.25, 0.3) is 0 Å². The summed E-state index contributed by atoms with van der Waals surface area (Å²) in [5.74, 6) is -1.31. The number of carbonyl (C=O) groups excluding carboxylic acids is 4. The van der Waals surface area contributed by atoms with Crippen LogP contribution in [0.3, 0.4) is 0 Å². The van der Waals surface area contributed by atoms with Gasteiger partial charge >= 0.3 is 0 Å². The summed E-state index contributed by atoms with van der Waals surface area (Å²) in [5.41, 5.74) is 2.25. The van der Waals surface area contributed by atoms with Crippen LogP contribution in [0.4, 0.5) is 11.4 Å². The van der Waals surface area contributed by atoms with Gasteiger partial charge in [-0.3, -0.25) is 29.8 Å². The highest BCUT2D eigenvalue weighted by molar-refractivity contribution is 6.13. The second-order valence-electron chi connectivity index (χ2n) is 5.64. The monoisotopic (exact) mass is 392 g/mol. The summed E-state index contributed by atoms with van der Waals surface area (Å²) in [4.78, 5) is 40.1. The molecule has 0 unspecified atom stereocenters. The highest BCUT2D eigenvalue weighted by Gasteiger charge is 2.07. The summed E-state index contributed by atoms with van der Waals surface area (Å²) >= 11 is 0. The van der Waals surface area contributed by atoms with Crippen LogP contribution in [-0.2, 0) is 19.2 Å². The van der Waals surface area contributed by atoms with Gasteiger partial charge < -0.3 is 10.6 Å². The number of anilines is 2. The molecule has 4 amide bonds. The number of rotatable bonds is 4. The van der Waals surface area contributed by atoms with Crippen LogP contribution in [0.1, 0.15) is 0 Å². The van der Waals surface area contributed by atoms with Crippen molar-refractivity contribution in [1.29, 1.82) is 0 Å². The van der Waals surface area contributed by atoms with Crippen LogP contribution in [-0.4, -0.2) is 30.3 Å². The third kappa shape index (κ3) is 8.83. The molecule has 0 atom stereocenters. The van der Waals surface area contributed by atoms with Gasteiger partial charge in [0, 0.05) is 35.7 Å². The third-order valence-electron chi connectivity index (χ3n) is 3.40. The van der Waals surface area contributed by atoms with Gasteiger partial charge in [-0.05, 0) is 24.3 Å². The van der Waals surface area contributed by atoms with Crippen molar-refractivity contribution in [3.63, 3.8) is 0 Å². The molecule has 0 bridgehead atoms. The van der Waals surface area contributed by atoms with Gasteiger partial charge in [0.1, 0.15) is 0 Å². The number of amides is 4. The van der Waals surface area contributed by atoms with E-state index in [4.69, 9.17) is 0 Å². The van der Waals surface area contributed by atoms with Gasteiger partial charge in [-0.25, -0.2) is 0 Å². The number of hydrogen-bond donors (Lipinski definition) is 4. The average Bonchev–Trinajstić information content (AvgIpc) is 3.30. The van der Waals surface area contributed by atoms with Gasteiger partial charge in [-0.2, -0.15) is 0 Å². The van der Waals surface area contributed by atoms with Gasteiger partial charge in [0.05, 0.1) is 6.67 Å². The van der Waals surface area contributed by atoms with E-state index >= 15 is 0 Å². The molecule has 148 valence electrons. The predicted molar refractivity (Wildman–Crippen MR) is 110 cm³/mol. The van der Waals surface area contributed by atoms with Crippen molar-refractivity contribution in [2.75, 3.05) is 17.3 Å². The lowest BCUT2D eigenvalue weighted by atomic mass is 10.3. The minimum Gasteiger partial charge on any atom is -0.368 e. The maximum Gasteiger partial charge on any atom is 0.250 e. The Morgan fingerprint density at radius 1 is 0.517 bits per heavy atom. The van der Waals surface area contributed by atoms with E-state index in [0.717, 1.165) is 18.0 Å². The molecule has 2 aromatic carbocycles. The first-order valence-corrected chi connectivity index (χ1v) is 8.67. The zero-order chi connectivity index (χ0) is 20.9. The standard InChI is InChI=1S/C13H14N2.2C4H3NO2/c1-3-7-12(8-4-1)14-11-15-13-9-5-2-6-10-13;2*6-3-1-2-4(7)5-3/h1-10,14-15H,11H2;2*1-2H,(H,5,6,7). The molecule has 0 fully saturated rings. The van der Waals surface area contributed by atoms with Crippen LogP contribution in [0.2, 0.25) is 0 Å². The van der Waals surface area contributed by atoms with E-state index in [-0.39, 0.29) is 23.6 Å². The smallest absolute Gasteiger partial charge is 0.250 e. The Balaban J connectivity index is 0.000000178. The molecule has 29 heavy (non-hydrogen) atoms. The summed E-state index contributed by atoms with van der Waals surface area (Å²) in [6.07, 6.45) is 4.79. The summed E-state index contributed by atoms with van der Waals surface area (Å²) < 4.78 is 0. The topological polar surface area (TPSA) is 116 Å². The fourth-order valence-corrected chi connectivity index (χ4v) is 2.07. The second kappa shape index (κ2) is 11.5. The summed E-state index contributed by atoms with van der Waals surface area (Å²) in [6.45, 7) is 0.730. The van der Waals surface area contributed by atoms with Gasteiger partial charge in [-0.15, -0.1) is 0 Å². The van der Waals surface area contributed by atoms with Crippen molar-refractivity contribution in [1.82, 2.24) is 10.6 Å². The Morgan fingerprint density at radius 3 is 1.07 bits per heavy atom. The average molecular weight is 392 g/mol. The van der Waals surface area contributed by atoms with Crippen LogP contribution < -0.4 is 21.3 Å². The largest absolute Gasteiger partial charge is 0.368 e. The molecule has 0 aromatic heterocycles. The Labute approximate surface area is 167 Å². The summed E-state index contributed by atoms with van der Waals surface area (Å²) in [5, 5.41) is 10.6. The van der Waals surface area contributed by atoms with E-state index in [2.05, 4.69) is 10.6 Å². The van der Waals surface area contributed by atoms with Crippen molar-refractivity contribution in [2.45, 2.75) is 0 Å². The van der Waals surface area contributed by atoms with Crippen LogP contribution in [0, 0.1) is 0 Å². The summed E-state index contributed by atoms with van der Waals surface area (Å²) in [7, 11) is 0. The van der Waals surface area contributed by atoms with Gasteiger partial charge in [-0.1, -0.05) is 36.4 Å². The summed E-state index contributed by atoms with van der Waals surface area (Å²) in [6, 6.07) is 20.3. The highest BCUT2D eigenvalue weighted by atomic mass is 16.2. The molecule has 2 aliphatic rings. The van der Waals surface area contributed by atoms with Gasteiger partial charge in [0.25, 0.3) is 23.6 Å². The molecule has 2 aliphatic heterocycles. The van der Waals surface area contributed by atoms with Crippen LogP contribution in [0.15, 0.2) is 85.0 Å². The SMILES string of the molecule is O=C1C=CC(=O)N1.O=C1C=CC(=O)N1.c1ccc(NCNc2ccccc2)cc1. The minimum absolute atomic E-state index is 0.329. The number of nitrogens with one attached hydrogen (secondary N) is 4. The maximum atomic E-state index is 10.0. The molecule has 2 aromatic rings. The first kappa shape index (κ1) is 21.1. The minimum atomic E-state index is -0.329. The molecule has 0 radical (unpaired) electrons. The Morgan fingerprint density at radius 2 is 0.828 bits per heavy atom. The predicted octanol–water partition coefficient (Wildman–Crippen LogP) is 1.57. The van der Waals surface area contributed by atoms with E-state index < -0.39 is 0 Å². The maximum absolute atomic E-state index is 10.0. The molecule has 4 N–H and O–H groups in total. The van der Waals surface area contributed by atoms with E-state index in [1.165, 1.54) is 24.3 Å². The van der Waals surface area contributed by atoms with Gasteiger partial charge in [0.2, 0.25) is 0 Å². The molecular weight excluding hydrogens is 372 g/mol. The fraction of sp³-hybridized carbons (Fsp3) is 0.0476. The van der Waals surface area contributed by atoms with Crippen molar-refractivity contribution in [3.8, 4) is 0 Å². The number of hydrogen-bond acceptors (Lipinski definition) is 6. The van der Waals surface area contributed by atoms with E-state index in [9.17, 15) is 19.2 Å². The molecule has 8 nitrogen and oxygen atoms in total. The molecule has 0 saturated carbocycles. The van der Waals surface area contributed by atoms with E-state index in [1.54, 1.807) is 0 Å². The molecular formula is C21H20N4O4. The van der Waals surface area contributed by atoms with Crippen molar-refractivity contribution < 1.29 is 19.2 Å². The zero-order valence-corrected chi connectivity index (χ0v) is 15.4. The van der Waals surface area contributed by atoms with Crippen molar-refractivity contribution in [3.05, 3.63) is 85.0 Å². The lowest BCUT2D eigenvalue weighted by Crippen LogP contribution is -2.19. The van der Waals surface area contributed by atoms with Gasteiger partial charge in [0.15, 0.2) is 0 Å². The Kier molecular flexibility index (Phi) is 8.37. The Bertz CT molecular complexity index is 801. The highest BCUT2D eigenvalue weighted by Crippen LogP contribution is 2.06. The lowest BCUT2D eigenvalue weighted by Gasteiger charge is -2.08. The lowest BCUT2D eigenvalue weighted by molar-refractivity contribution is -0.125. The quantitative estimate of drug-likeness (QED) is 0.464. The van der Waals surface area contributed by atoms with Crippen LogP contribution >= 0.6 is 0 Å². The molecule has 0 aliphatic carbocycles. The number of carbonyl (C=O) groups is 4. The molecule has 8 heteroatoms. The molecule has 0 saturated heterocycles. The molecule has 4 rings (SSSR count). The normalized spacial score (nSPS) is 13.5. The molecule has 2 heterocycles. The second-order valence-corrected chi connectivity index (χ2v) is 5.64. The third-order valence-corrected chi connectivity index (χ3v) is 3.40. The first-order valence-electron chi connectivity index (χ1n) is 8.67. The first-order chi connectivity index (χ1) is 14.0. The van der Waals surface area contributed by atoms with E-state index in [1.807, 2.05) is 71.3 Å². The number of benzene rings is 2.